The molecule has 1 aromatic carbocycles. The minimum atomic E-state index is -0.837. The Balaban J connectivity index is 1.52. The van der Waals surface area contributed by atoms with E-state index in [0.29, 0.717) is 19.0 Å². The molecule has 2 atom stereocenters. The summed E-state index contributed by atoms with van der Waals surface area (Å²) >= 11 is 0. The molecule has 0 saturated carbocycles. The summed E-state index contributed by atoms with van der Waals surface area (Å²) < 4.78 is 29.4. The third-order valence-corrected chi connectivity index (χ3v) is 5.83. The summed E-state index contributed by atoms with van der Waals surface area (Å²) in [6, 6.07) is 5.01. The van der Waals surface area contributed by atoms with E-state index in [9.17, 15) is 13.6 Å². The standard InChI is InChI=1S/C21H19F2N5O/c1-12-5-7-27(21(29)15-3-2-13(22)8-17(15)23)11-16(12)20-26-10-14-9-25-19-18(28(14)20)4-6-24-19/h2-4,6,8-10,12,16,24H,5,7,11H2,1H3/t12-,16+/m1/s1. The molecule has 1 aliphatic heterocycles. The van der Waals surface area contributed by atoms with Crippen LogP contribution in [0.25, 0.3) is 16.7 Å². The van der Waals surface area contributed by atoms with Crippen LogP contribution in [0.2, 0.25) is 0 Å². The highest BCUT2D eigenvalue weighted by molar-refractivity contribution is 5.94. The average molecular weight is 395 g/mol. The van der Waals surface area contributed by atoms with Crippen molar-refractivity contribution in [3.63, 3.8) is 0 Å². The minimum Gasteiger partial charge on any atom is -0.345 e. The minimum absolute atomic E-state index is 0.0146. The summed E-state index contributed by atoms with van der Waals surface area (Å²) in [7, 11) is 0. The Bertz CT molecular complexity index is 1230. The molecule has 8 heteroatoms. The van der Waals surface area contributed by atoms with Gasteiger partial charge in [-0.2, -0.15) is 0 Å². The number of benzene rings is 1. The van der Waals surface area contributed by atoms with Crippen molar-refractivity contribution in [2.75, 3.05) is 13.1 Å². The Kier molecular flexibility index (Phi) is 4.08. The molecule has 3 aromatic heterocycles. The molecule has 1 N–H and O–H groups in total. The van der Waals surface area contributed by atoms with E-state index in [1.54, 1.807) is 17.3 Å². The van der Waals surface area contributed by atoms with Gasteiger partial charge in [0.25, 0.3) is 5.91 Å². The number of carbonyl (C=O) groups excluding carboxylic acids is 1. The number of nitrogens with zero attached hydrogens (tertiary/aromatic N) is 4. The lowest BCUT2D eigenvalue weighted by Crippen LogP contribution is -2.43. The van der Waals surface area contributed by atoms with Crippen molar-refractivity contribution in [1.29, 1.82) is 0 Å². The molecule has 0 aliphatic carbocycles. The molecule has 1 aliphatic rings. The van der Waals surface area contributed by atoms with E-state index in [-0.39, 0.29) is 11.5 Å². The van der Waals surface area contributed by atoms with Gasteiger partial charge in [-0.25, -0.2) is 18.7 Å². The lowest BCUT2D eigenvalue weighted by atomic mass is 9.86. The van der Waals surface area contributed by atoms with Crippen molar-refractivity contribution in [3.05, 3.63) is 65.9 Å². The van der Waals surface area contributed by atoms with Crippen molar-refractivity contribution >= 4 is 22.6 Å². The first-order chi connectivity index (χ1) is 14.0. The zero-order chi connectivity index (χ0) is 20.1. The van der Waals surface area contributed by atoms with Crippen LogP contribution < -0.4 is 0 Å². The van der Waals surface area contributed by atoms with Crippen LogP contribution >= 0.6 is 0 Å². The maximum absolute atomic E-state index is 14.1. The van der Waals surface area contributed by atoms with Gasteiger partial charge in [-0.3, -0.25) is 9.20 Å². The maximum atomic E-state index is 14.1. The molecule has 6 nitrogen and oxygen atoms in total. The lowest BCUT2D eigenvalue weighted by Gasteiger charge is -2.36. The van der Waals surface area contributed by atoms with Gasteiger partial charge in [-0.1, -0.05) is 6.92 Å². The number of fused-ring (bicyclic) bond motifs is 3. The third-order valence-electron chi connectivity index (χ3n) is 5.83. The van der Waals surface area contributed by atoms with Crippen LogP contribution in [0.5, 0.6) is 0 Å². The predicted octanol–water partition coefficient (Wildman–Crippen LogP) is 3.75. The molecule has 0 radical (unpaired) electrons. The summed E-state index contributed by atoms with van der Waals surface area (Å²) in [4.78, 5) is 26.7. The lowest BCUT2D eigenvalue weighted by molar-refractivity contribution is 0.0660. The van der Waals surface area contributed by atoms with E-state index in [0.717, 1.165) is 41.1 Å². The molecular weight excluding hydrogens is 376 g/mol. The fraction of sp³-hybridized carbons (Fsp3) is 0.286. The molecule has 0 spiro atoms. The first kappa shape index (κ1) is 17.8. The topological polar surface area (TPSA) is 66.3 Å². The van der Waals surface area contributed by atoms with Crippen LogP contribution in [0.3, 0.4) is 0 Å². The second-order valence-corrected chi connectivity index (χ2v) is 7.59. The first-order valence-electron chi connectivity index (χ1n) is 9.56. The molecule has 0 bridgehead atoms. The highest BCUT2D eigenvalue weighted by atomic mass is 19.1. The summed E-state index contributed by atoms with van der Waals surface area (Å²) in [5, 5.41) is 0. The number of amides is 1. The smallest absolute Gasteiger partial charge is 0.256 e. The SMILES string of the molecule is C[C@@H]1CCN(C(=O)c2ccc(F)cc2F)C[C@@H]1c1ncc2cnc3[nH]ccc3n12. The van der Waals surface area contributed by atoms with Crippen LogP contribution in [0.4, 0.5) is 8.78 Å². The summed E-state index contributed by atoms with van der Waals surface area (Å²) in [5.74, 6) is -0.817. The number of piperidine rings is 1. The zero-order valence-electron chi connectivity index (χ0n) is 15.8. The van der Waals surface area contributed by atoms with Crippen molar-refractivity contribution < 1.29 is 13.6 Å². The maximum Gasteiger partial charge on any atom is 0.256 e. The number of H-pyrrole nitrogens is 1. The van der Waals surface area contributed by atoms with E-state index in [1.165, 1.54) is 6.07 Å². The first-order valence-corrected chi connectivity index (χ1v) is 9.56. The van der Waals surface area contributed by atoms with Gasteiger partial charge in [-0.15, -0.1) is 0 Å². The second kappa shape index (κ2) is 6.65. The quantitative estimate of drug-likeness (QED) is 0.562. The monoisotopic (exact) mass is 395 g/mol. The van der Waals surface area contributed by atoms with Gasteiger partial charge < -0.3 is 9.88 Å². The largest absolute Gasteiger partial charge is 0.345 e. The molecular formula is C21H19F2N5O. The fourth-order valence-electron chi connectivity index (χ4n) is 4.19. The Morgan fingerprint density at radius 2 is 2.03 bits per heavy atom. The van der Waals surface area contributed by atoms with Gasteiger partial charge in [0.2, 0.25) is 0 Å². The summed E-state index contributed by atoms with van der Waals surface area (Å²) in [5.41, 5.74) is 2.47. The normalized spacial score (nSPS) is 19.9. The second-order valence-electron chi connectivity index (χ2n) is 7.59. The van der Waals surface area contributed by atoms with Crippen molar-refractivity contribution in [3.8, 4) is 0 Å². The van der Waals surface area contributed by atoms with Gasteiger partial charge in [0.1, 0.15) is 17.5 Å². The Morgan fingerprint density at radius 3 is 2.86 bits per heavy atom. The van der Waals surface area contributed by atoms with Gasteiger partial charge >= 0.3 is 0 Å². The Hall–Kier alpha value is -3.29. The van der Waals surface area contributed by atoms with E-state index < -0.39 is 17.5 Å². The van der Waals surface area contributed by atoms with Crippen molar-refractivity contribution in [2.45, 2.75) is 19.3 Å². The summed E-state index contributed by atoms with van der Waals surface area (Å²) in [6.45, 7) is 3.09. The van der Waals surface area contributed by atoms with Crippen molar-refractivity contribution in [1.82, 2.24) is 24.3 Å². The predicted molar refractivity (Wildman–Crippen MR) is 104 cm³/mol. The van der Waals surface area contributed by atoms with E-state index >= 15 is 0 Å². The molecule has 5 rings (SSSR count). The van der Waals surface area contributed by atoms with Gasteiger partial charge in [0.15, 0.2) is 5.65 Å². The number of aromatic amines is 1. The Labute approximate surface area is 165 Å². The molecule has 1 saturated heterocycles. The van der Waals surface area contributed by atoms with Crippen LogP contribution in [0, 0.1) is 17.6 Å². The number of likely N-dealkylation sites (tertiary alicyclic amines) is 1. The number of carbonyl (C=O) groups is 1. The Morgan fingerprint density at radius 1 is 1.21 bits per heavy atom. The molecule has 4 heterocycles. The van der Waals surface area contributed by atoms with E-state index in [1.807, 2.05) is 12.3 Å². The molecule has 4 aromatic rings. The number of nitrogens with one attached hydrogen (secondary N) is 1. The van der Waals surface area contributed by atoms with Gasteiger partial charge in [-0.05, 0) is 30.5 Å². The number of hydrogen-bond donors (Lipinski definition) is 1. The number of aromatic nitrogens is 4. The fourth-order valence-corrected chi connectivity index (χ4v) is 4.19. The van der Waals surface area contributed by atoms with Crippen LogP contribution in [-0.4, -0.2) is 43.2 Å². The number of imidazole rings is 1. The number of halogens is 2. The molecule has 29 heavy (non-hydrogen) atoms. The molecule has 0 unspecified atom stereocenters. The van der Waals surface area contributed by atoms with E-state index in [4.69, 9.17) is 0 Å². The van der Waals surface area contributed by atoms with E-state index in [2.05, 4.69) is 26.3 Å². The molecule has 1 amide bonds. The van der Waals surface area contributed by atoms with Crippen molar-refractivity contribution in [2.24, 2.45) is 5.92 Å². The molecule has 148 valence electrons. The number of rotatable bonds is 2. The summed E-state index contributed by atoms with van der Waals surface area (Å²) in [6.07, 6.45) is 6.15. The average Bonchev–Trinajstić information content (AvgIpc) is 3.34. The highest BCUT2D eigenvalue weighted by Crippen LogP contribution is 2.33. The number of hydrogen-bond acceptors (Lipinski definition) is 3. The van der Waals surface area contributed by atoms with Gasteiger partial charge in [0.05, 0.1) is 29.0 Å². The van der Waals surface area contributed by atoms with Crippen LogP contribution in [0.15, 0.2) is 42.9 Å². The van der Waals surface area contributed by atoms with Crippen LogP contribution in [-0.2, 0) is 0 Å². The highest BCUT2D eigenvalue weighted by Gasteiger charge is 2.34. The van der Waals surface area contributed by atoms with Crippen LogP contribution in [0.1, 0.15) is 35.4 Å². The zero-order valence-corrected chi connectivity index (χ0v) is 15.8. The van der Waals surface area contributed by atoms with Gasteiger partial charge in [0, 0.05) is 31.3 Å². The third kappa shape index (κ3) is 2.86. The molecule has 1 fully saturated rings.